The Hall–Kier alpha value is -1.42. The van der Waals surface area contributed by atoms with Crippen LogP contribution >= 0.6 is 15.9 Å². The summed E-state index contributed by atoms with van der Waals surface area (Å²) in [6, 6.07) is 10.0. The minimum absolute atomic E-state index is 0.356. The van der Waals surface area contributed by atoms with Crippen LogP contribution in [0, 0.1) is 12.7 Å². The highest BCUT2D eigenvalue weighted by molar-refractivity contribution is 9.10. The molecule has 82 valence electrons. The highest BCUT2D eigenvalue weighted by Gasteiger charge is 2.03. The van der Waals surface area contributed by atoms with Gasteiger partial charge in [-0.3, -0.25) is 0 Å². The molecule has 1 aromatic carbocycles. The number of ether oxygens (including phenoxy) is 1. The summed E-state index contributed by atoms with van der Waals surface area (Å²) < 4.78 is 19.1. The fourth-order valence-electron chi connectivity index (χ4n) is 1.24. The van der Waals surface area contributed by atoms with Crippen molar-refractivity contribution >= 4 is 15.9 Å². The number of nitrogens with zero attached hydrogens (tertiary/aromatic N) is 1. The van der Waals surface area contributed by atoms with Crippen molar-refractivity contribution in [2.45, 2.75) is 6.92 Å². The van der Waals surface area contributed by atoms with Crippen LogP contribution < -0.4 is 4.74 Å². The number of hydrogen-bond donors (Lipinski definition) is 0. The number of aromatic nitrogens is 1. The minimum Gasteiger partial charge on any atom is -0.439 e. The molecule has 16 heavy (non-hydrogen) atoms. The van der Waals surface area contributed by atoms with Crippen molar-refractivity contribution in [3.8, 4) is 11.6 Å². The zero-order chi connectivity index (χ0) is 11.5. The Bertz CT molecular complexity index is 516. The van der Waals surface area contributed by atoms with Gasteiger partial charge in [0.1, 0.15) is 11.6 Å². The molecule has 0 N–H and O–H groups in total. The van der Waals surface area contributed by atoms with E-state index in [2.05, 4.69) is 20.9 Å². The van der Waals surface area contributed by atoms with Crippen LogP contribution in [-0.4, -0.2) is 4.98 Å². The Morgan fingerprint density at radius 3 is 2.75 bits per heavy atom. The van der Waals surface area contributed by atoms with Crippen LogP contribution in [0.5, 0.6) is 11.6 Å². The second-order valence-electron chi connectivity index (χ2n) is 3.30. The van der Waals surface area contributed by atoms with E-state index in [4.69, 9.17) is 4.74 Å². The van der Waals surface area contributed by atoms with Gasteiger partial charge in [-0.1, -0.05) is 6.07 Å². The second kappa shape index (κ2) is 4.61. The number of halogens is 2. The van der Waals surface area contributed by atoms with E-state index in [1.165, 1.54) is 6.07 Å². The molecule has 0 aliphatic rings. The predicted octanol–water partition coefficient (Wildman–Crippen LogP) is 4.08. The van der Waals surface area contributed by atoms with E-state index < -0.39 is 0 Å². The summed E-state index contributed by atoms with van der Waals surface area (Å²) >= 11 is 3.08. The van der Waals surface area contributed by atoms with Gasteiger partial charge in [-0.15, -0.1) is 0 Å². The highest BCUT2D eigenvalue weighted by Crippen LogP contribution is 2.24. The first-order valence-electron chi connectivity index (χ1n) is 4.72. The Morgan fingerprint density at radius 2 is 2.06 bits per heavy atom. The summed E-state index contributed by atoms with van der Waals surface area (Å²) in [7, 11) is 0. The summed E-state index contributed by atoms with van der Waals surface area (Å²) in [5.41, 5.74) is 0.857. The van der Waals surface area contributed by atoms with Crippen LogP contribution in [0.3, 0.4) is 0 Å². The molecule has 0 unspecified atom stereocenters. The average molecular weight is 282 g/mol. The molecular formula is C12H9BrFNO. The summed E-state index contributed by atoms with van der Waals surface area (Å²) in [6.45, 7) is 1.87. The van der Waals surface area contributed by atoms with E-state index in [-0.39, 0.29) is 5.82 Å². The van der Waals surface area contributed by atoms with Crippen LogP contribution in [0.4, 0.5) is 4.39 Å². The lowest BCUT2D eigenvalue weighted by Crippen LogP contribution is -1.90. The summed E-state index contributed by atoms with van der Waals surface area (Å²) in [5.74, 6) is 0.533. The maximum absolute atomic E-state index is 13.2. The summed E-state index contributed by atoms with van der Waals surface area (Å²) in [4.78, 5) is 4.16. The van der Waals surface area contributed by atoms with Gasteiger partial charge >= 0.3 is 0 Å². The van der Waals surface area contributed by atoms with Crippen LogP contribution in [0.2, 0.25) is 0 Å². The minimum atomic E-state index is -0.356. The van der Waals surface area contributed by atoms with E-state index in [1.807, 2.05) is 19.1 Å². The van der Waals surface area contributed by atoms with Crippen LogP contribution in [0.25, 0.3) is 0 Å². The molecule has 1 aromatic heterocycles. The molecule has 2 nitrogen and oxygen atoms in total. The zero-order valence-electron chi connectivity index (χ0n) is 8.58. The van der Waals surface area contributed by atoms with Gasteiger partial charge in [0.05, 0.1) is 4.47 Å². The molecule has 0 atom stereocenters. The third-order valence-electron chi connectivity index (χ3n) is 1.98. The van der Waals surface area contributed by atoms with E-state index in [0.29, 0.717) is 16.1 Å². The number of rotatable bonds is 2. The van der Waals surface area contributed by atoms with Crippen LogP contribution in [-0.2, 0) is 0 Å². The Kier molecular flexibility index (Phi) is 3.19. The molecule has 0 amide bonds. The van der Waals surface area contributed by atoms with Gasteiger partial charge < -0.3 is 4.74 Å². The first-order valence-corrected chi connectivity index (χ1v) is 5.51. The number of benzene rings is 1. The third-order valence-corrected chi connectivity index (χ3v) is 2.62. The Labute approximate surface area is 101 Å². The van der Waals surface area contributed by atoms with Gasteiger partial charge in [0, 0.05) is 17.8 Å². The number of aryl methyl sites for hydroxylation is 1. The molecule has 0 bridgehead atoms. The van der Waals surface area contributed by atoms with E-state index in [1.54, 1.807) is 18.2 Å². The van der Waals surface area contributed by atoms with Gasteiger partial charge in [-0.05, 0) is 41.1 Å². The molecule has 2 aromatic rings. The molecular weight excluding hydrogens is 273 g/mol. The smallest absolute Gasteiger partial charge is 0.219 e. The summed E-state index contributed by atoms with van der Waals surface area (Å²) in [5, 5.41) is 0. The molecule has 0 aliphatic carbocycles. The standard InChI is InChI=1S/C12H9BrFNO/c1-8-3-2-4-12(15-8)16-9-5-6-10(13)11(14)7-9/h2-7H,1H3. The lowest BCUT2D eigenvalue weighted by atomic mass is 10.3. The average Bonchev–Trinajstić information content (AvgIpc) is 2.24. The van der Waals surface area contributed by atoms with Crippen molar-refractivity contribution in [3.05, 3.63) is 52.4 Å². The van der Waals surface area contributed by atoms with E-state index in [0.717, 1.165) is 5.69 Å². The molecule has 2 rings (SSSR count). The van der Waals surface area contributed by atoms with E-state index in [9.17, 15) is 4.39 Å². The summed E-state index contributed by atoms with van der Waals surface area (Å²) in [6.07, 6.45) is 0. The molecule has 0 aliphatic heterocycles. The second-order valence-corrected chi connectivity index (χ2v) is 4.15. The fourth-order valence-corrected chi connectivity index (χ4v) is 1.48. The van der Waals surface area contributed by atoms with Crippen molar-refractivity contribution in [2.75, 3.05) is 0 Å². The normalized spacial score (nSPS) is 10.2. The zero-order valence-corrected chi connectivity index (χ0v) is 10.2. The van der Waals surface area contributed by atoms with Gasteiger partial charge in [0.2, 0.25) is 5.88 Å². The molecule has 0 saturated heterocycles. The number of pyridine rings is 1. The quantitative estimate of drug-likeness (QED) is 0.827. The maximum atomic E-state index is 13.2. The first-order chi connectivity index (χ1) is 7.65. The first kappa shape index (κ1) is 11.1. The van der Waals surface area contributed by atoms with Gasteiger partial charge in [0.15, 0.2) is 0 Å². The van der Waals surface area contributed by atoms with Crippen LogP contribution in [0.15, 0.2) is 40.9 Å². The van der Waals surface area contributed by atoms with Gasteiger partial charge in [-0.25, -0.2) is 9.37 Å². The van der Waals surface area contributed by atoms with Crippen molar-refractivity contribution < 1.29 is 9.13 Å². The van der Waals surface area contributed by atoms with Crippen molar-refractivity contribution in [3.63, 3.8) is 0 Å². The van der Waals surface area contributed by atoms with Crippen LogP contribution in [0.1, 0.15) is 5.69 Å². The lowest BCUT2D eigenvalue weighted by molar-refractivity contribution is 0.456. The third kappa shape index (κ3) is 2.58. The fraction of sp³-hybridized carbons (Fsp3) is 0.0833. The number of hydrogen-bond acceptors (Lipinski definition) is 2. The SMILES string of the molecule is Cc1cccc(Oc2ccc(Br)c(F)c2)n1. The molecule has 4 heteroatoms. The maximum Gasteiger partial charge on any atom is 0.219 e. The molecule has 0 saturated carbocycles. The topological polar surface area (TPSA) is 22.1 Å². The van der Waals surface area contributed by atoms with Gasteiger partial charge in [-0.2, -0.15) is 0 Å². The monoisotopic (exact) mass is 281 g/mol. The molecule has 0 fully saturated rings. The Balaban J connectivity index is 2.24. The Morgan fingerprint density at radius 1 is 1.25 bits per heavy atom. The van der Waals surface area contributed by atoms with Crippen molar-refractivity contribution in [1.82, 2.24) is 4.98 Å². The van der Waals surface area contributed by atoms with Gasteiger partial charge in [0.25, 0.3) is 0 Å². The lowest BCUT2D eigenvalue weighted by Gasteiger charge is -2.05. The molecule has 0 spiro atoms. The van der Waals surface area contributed by atoms with Crippen molar-refractivity contribution in [1.29, 1.82) is 0 Å². The predicted molar refractivity (Wildman–Crippen MR) is 63.1 cm³/mol. The van der Waals surface area contributed by atoms with Crippen molar-refractivity contribution in [2.24, 2.45) is 0 Å². The molecule has 0 radical (unpaired) electrons. The highest BCUT2D eigenvalue weighted by atomic mass is 79.9. The molecule has 1 heterocycles. The van der Waals surface area contributed by atoms with E-state index >= 15 is 0 Å². The largest absolute Gasteiger partial charge is 0.439 e.